The number of ether oxygens (including phenoxy) is 1. The molecule has 0 radical (unpaired) electrons. The van der Waals surface area contributed by atoms with Gasteiger partial charge in [-0.2, -0.15) is 5.10 Å². The fourth-order valence-corrected chi connectivity index (χ4v) is 2.97. The molecule has 0 aliphatic carbocycles. The fraction of sp³-hybridized carbons (Fsp3) is 0.227. The fourth-order valence-electron chi connectivity index (χ4n) is 2.97. The first-order chi connectivity index (χ1) is 14.4. The van der Waals surface area contributed by atoms with Crippen LogP contribution in [0.3, 0.4) is 0 Å². The number of aromatic nitrogens is 2. The number of carbonyl (C=O) groups excluding carboxylic acids is 2. The van der Waals surface area contributed by atoms with Crippen LogP contribution in [0, 0.1) is 19.7 Å². The van der Waals surface area contributed by atoms with Gasteiger partial charge in [0.2, 0.25) is 5.91 Å². The molecule has 1 atom stereocenters. The van der Waals surface area contributed by atoms with Gasteiger partial charge in [0.25, 0.3) is 5.91 Å². The summed E-state index contributed by atoms with van der Waals surface area (Å²) < 4.78 is 20.7. The number of hydrogen-bond acceptors (Lipinski definition) is 4. The third-order valence-corrected chi connectivity index (χ3v) is 4.61. The van der Waals surface area contributed by atoms with E-state index in [1.54, 1.807) is 10.7 Å². The van der Waals surface area contributed by atoms with Gasteiger partial charge in [0.15, 0.2) is 17.7 Å². The number of nitrogens with zero attached hydrogens (tertiary/aromatic N) is 2. The van der Waals surface area contributed by atoms with E-state index in [0.29, 0.717) is 0 Å². The van der Waals surface area contributed by atoms with Gasteiger partial charge in [0.1, 0.15) is 0 Å². The van der Waals surface area contributed by atoms with Crippen molar-refractivity contribution in [2.24, 2.45) is 0 Å². The quantitative estimate of drug-likeness (QED) is 0.612. The second kappa shape index (κ2) is 9.21. The normalized spacial score (nSPS) is 11.6. The van der Waals surface area contributed by atoms with Gasteiger partial charge in [0, 0.05) is 11.3 Å². The molecule has 3 aromatic rings. The molecular weight excluding hydrogens is 387 g/mol. The first kappa shape index (κ1) is 21.0. The number of hydrogen-bond donors (Lipinski definition) is 2. The van der Waals surface area contributed by atoms with E-state index in [-0.39, 0.29) is 12.2 Å². The van der Waals surface area contributed by atoms with E-state index in [4.69, 9.17) is 4.74 Å². The summed E-state index contributed by atoms with van der Waals surface area (Å²) in [5, 5.41) is 4.51. The zero-order valence-electron chi connectivity index (χ0n) is 17.0. The number of hydrazine groups is 1. The first-order valence-corrected chi connectivity index (χ1v) is 9.47. The van der Waals surface area contributed by atoms with Gasteiger partial charge in [-0.15, -0.1) is 0 Å². The van der Waals surface area contributed by atoms with Crippen molar-refractivity contribution >= 4 is 11.8 Å². The Balaban J connectivity index is 1.58. The molecule has 30 heavy (non-hydrogen) atoms. The van der Waals surface area contributed by atoms with E-state index in [1.165, 1.54) is 25.1 Å². The lowest BCUT2D eigenvalue weighted by Gasteiger charge is -2.15. The Morgan fingerprint density at radius 3 is 2.43 bits per heavy atom. The van der Waals surface area contributed by atoms with Crippen LogP contribution in [0.25, 0.3) is 5.69 Å². The van der Waals surface area contributed by atoms with E-state index < -0.39 is 23.7 Å². The minimum atomic E-state index is -0.994. The summed E-state index contributed by atoms with van der Waals surface area (Å²) in [7, 11) is 0. The van der Waals surface area contributed by atoms with Crippen LogP contribution in [0.5, 0.6) is 5.75 Å². The lowest BCUT2D eigenvalue weighted by molar-refractivity contribution is -0.132. The van der Waals surface area contributed by atoms with E-state index in [2.05, 4.69) is 16.0 Å². The molecule has 0 aliphatic heterocycles. The summed E-state index contributed by atoms with van der Waals surface area (Å²) >= 11 is 0. The van der Waals surface area contributed by atoms with Gasteiger partial charge in [-0.25, -0.2) is 9.07 Å². The van der Waals surface area contributed by atoms with Crippen molar-refractivity contribution in [1.82, 2.24) is 20.6 Å². The molecule has 2 aromatic carbocycles. The largest absolute Gasteiger partial charge is 0.478 e. The number of halogens is 1. The topological polar surface area (TPSA) is 85.3 Å². The summed E-state index contributed by atoms with van der Waals surface area (Å²) in [6.07, 6.45) is -0.945. The van der Waals surface area contributed by atoms with Gasteiger partial charge < -0.3 is 4.74 Å². The van der Waals surface area contributed by atoms with Crippen molar-refractivity contribution in [3.8, 4) is 11.4 Å². The van der Waals surface area contributed by atoms with Gasteiger partial charge >= 0.3 is 0 Å². The van der Waals surface area contributed by atoms with Crippen LogP contribution in [0.1, 0.15) is 23.9 Å². The predicted octanol–water partition coefficient (Wildman–Crippen LogP) is 2.79. The predicted molar refractivity (Wildman–Crippen MR) is 110 cm³/mol. The second-order valence-corrected chi connectivity index (χ2v) is 6.80. The van der Waals surface area contributed by atoms with Crippen LogP contribution in [-0.4, -0.2) is 27.7 Å². The minimum absolute atomic E-state index is 0.0361. The molecule has 3 rings (SSSR count). The van der Waals surface area contributed by atoms with Crippen molar-refractivity contribution in [2.45, 2.75) is 33.3 Å². The minimum Gasteiger partial charge on any atom is -0.478 e. The zero-order chi connectivity index (χ0) is 21.7. The number of aryl methyl sites for hydroxylation is 1. The van der Waals surface area contributed by atoms with Crippen LogP contribution >= 0.6 is 0 Å². The molecule has 8 heteroatoms. The second-order valence-electron chi connectivity index (χ2n) is 6.80. The van der Waals surface area contributed by atoms with Crippen LogP contribution in [0.4, 0.5) is 4.39 Å². The molecule has 0 aliphatic rings. The van der Waals surface area contributed by atoms with Crippen molar-refractivity contribution in [2.75, 3.05) is 0 Å². The Labute approximate surface area is 173 Å². The Bertz CT molecular complexity index is 1050. The molecule has 0 saturated carbocycles. The maximum Gasteiger partial charge on any atom is 0.279 e. The molecule has 2 amide bonds. The summed E-state index contributed by atoms with van der Waals surface area (Å²) in [4.78, 5) is 24.5. The molecule has 1 heterocycles. The van der Waals surface area contributed by atoms with Crippen LogP contribution in [0.2, 0.25) is 0 Å². The average molecular weight is 410 g/mol. The first-order valence-electron chi connectivity index (χ1n) is 9.47. The number of rotatable bonds is 6. The highest BCUT2D eigenvalue weighted by Gasteiger charge is 2.19. The van der Waals surface area contributed by atoms with Gasteiger partial charge in [-0.3, -0.25) is 20.4 Å². The lowest BCUT2D eigenvalue weighted by atomic mass is 10.1. The van der Waals surface area contributed by atoms with Gasteiger partial charge in [0.05, 0.1) is 17.8 Å². The molecule has 7 nitrogen and oxygen atoms in total. The van der Waals surface area contributed by atoms with Crippen LogP contribution < -0.4 is 15.6 Å². The Hall–Kier alpha value is -3.68. The molecular formula is C22H23FN4O3. The van der Waals surface area contributed by atoms with Crippen molar-refractivity contribution in [1.29, 1.82) is 0 Å². The van der Waals surface area contributed by atoms with E-state index in [9.17, 15) is 14.0 Å². The van der Waals surface area contributed by atoms with Gasteiger partial charge in [-0.1, -0.05) is 30.3 Å². The lowest BCUT2D eigenvalue weighted by Crippen LogP contribution is -2.47. The number of benzene rings is 2. The smallest absolute Gasteiger partial charge is 0.279 e. The maximum absolute atomic E-state index is 13.6. The van der Waals surface area contributed by atoms with Crippen molar-refractivity contribution in [3.63, 3.8) is 0 Å². The molecule has 2 N–H and O–H groups in total. The van der Waals surface area contributed by atoms with Gasteiger partial charge in [-0.05, 0) is 45.0 Å². The van der Waals surface area contributed by atoms with E-state index in [1.807, 2.05) is 44.2 Å². The standard InChI is InChI=1S/C22H23FN4O3/c1-14-18(15(2)27(26-14)17-9-5-4-6-10-17)13-21(28)24-25-22(29)16(3)30-20-12-8-7-11-19(20)23/h4-12,16H,13H2,1-3H3,(H,24,28)(H,25,29)/t16-/m1/s1. The maximum atomic E-state index is 13.6. The molecule has 0 unspecified atom stereocenters. The summed E-state index contributed by atoms with van der Waals surface area (Å²) in [6.45, 7) is 5.18. The van der Waals surface area contributed by atoms with E-state index >= 15 is 0 Å². The van der Waals surface area contributed by atoms with E-state index in [0.717, 1.165) is 22.6 Å². The van der Waals surface area contributed by atoms with Crippen LogP contribution in [0.15, 0.2) is 54.6 Å². The monoisotopic (exact) mass is 410 g/mol. The molecule has 1 aromatic heterocycles. The SMILES string of the molecule is Cc1nn(-c2ccccc2)c(C)c1CC(=O)NNC(=O)[C@@H](C)Oc1ccccc1F. The Kier molecular flexibility index (Phi) is 6.46. The Morgan fingerprint density at radius 1 is 1.07 bits per heavy atom. The zero-order valence-corrected chi connectivity index (χ0v) is 17.0. The van der Waals surface area contributed by atoms with Crippen molar-refractivity contribution in [3.05, 3.63) is 77.4 Å². The number of nitrogens with one attached hydrogen (secondary N) is 2. The molecule has 156 valence electrons. The number of amides is 2. The molecule has 0 bridgehead atoms. The number of para-hydroxylation sites is 2. The third kappa shape index (κ3) is 4.83. The van der Waals surface area contributed by atoms with Crippen LogP contribution in [-0.2, 0) is 16.0 Å². The molecule has 0 spiro atoms. The third-order valence-electron chi connectivity index (χ3n) is 4.61. The highest BCUT2D eigenvalue weighted by atomic mass is 19.1. The summed E-state index contributed by atoms with van der Waals surface area (Å²) in [6, 6.07) is 15.4. The Morgan fingerprint density at radius 2 is 1.73 bits per heavy atom. The number of carbonyl (C=O) groups is 2. The van der Waals surface area contributed by atoms with Crippen molar-refractivity contribution < 1.29 is 18.7 Å². The molecule has 0 saturated heterocycles. The average Bonchev–Trinajstić information content (AvgIpc) is 3.02. The highest BCUT2D eigenvalue weighted by Crippen LogP contribution is 2.19. The highest BCUT2D eigenvalue weighted by molar-refractivity contribution is 5.85. The summed E-state index contributed by atoms with van der Waals surface area (Å²) in [5.74, 6) is -1.60. The molecule has 0 fully saturated rings. The summed E-state index contributed by atoms with van der Waals surface area (Å²) in [5.41, 5.74) is 7.93.